The number of ether oxygens (including phenoxy) is 1. The number of esters is 1. The zero-order chi connectivity index (χ0) is 13.8. The van der Waals surface area contributed by atoms with Crippen LogP contribution in [0.1, 0.15) is 20.0 Å². The topological polar surface area (TPSA) is 68.3 Å². The standard InChI is InChI=1S/C12H9FN2O3S/c1-18-12(17)10-8(3-5-19-10)15-11(16)7-2-4-14-9(13)6-7/h2-6H,1H3,(H,15,16). The van der Waals surface area contributed by atoms with E-state index in [1.807, 2.05) is 0 Å². The van der Waals surface area contributed by atoms with Gasteiger partial charge in [0.15, 0.2) is 0 Å². The van der Waals surface area contributed by atoms with Gasteiger partial charge in [0.05, 0.1) is 12.8 Å². The Kier molecular flexibility index (Phi) is 3.86. The highest BCUT2D eigenvalue weighted by Gasteiger charge is 2.16. The lowest BCUT2D eigenvalue weighted by Crippen LogP contribution is -2.14. The summed E-state index contributed by atoms with van der Waals surface area (Å²) < 4.78 is 17.5. The minimum atomic E-state index is -0.744. The molecule has 2 aromatic rings. The van der Waals surface area contributed by atoms with Crippen LogP contribution in [-0.2, 0) is 4.74 Å². The number of nitrogens with zero attached hydrogens (tertiary/aromatic N) is 1. The molecule has 0 unspecified atom stereocenters. The van der Waals surface area contributed by atoms with Gasteiger partial charge in [-0.3, -0.25) is 4.79 Å². The van der Waals surface area contributed by atoms with Crippen LogP contribution < -0.4 is 5.32 Å². The van der Waals surface area contributed by atoms with Crippen molar-refractivity contribution in [1.82, 2.24) is 4.98 Å². The van der Waals surface area contributed by atoms with Crippen LogP contribution in [0.2, 0.25) is 0 Å². The molecule has 0 saturated heterocycles. The molecule has 0 aromatic carbocycles. The number of methoxy groups -OCH3 is 1. The van der Waals surface area contributed by atoms with Crippen molar-refractivity contribution in [2.24, 2.45) is 0 Å². The van der Waals surface area contributed by atoms with Gasteiger partial charge in [-0.25, -0.2) is 9.78 Å². The van der Waals surface area contributed by atoms with Gasteiger partial charge >= 0.3 is 5.97 Å². The molecule has 0 fully saturated rings. The molecule has 0 saturated carbocycles. The van der Waals surface area contributed by atoms with E-state index in [0.717, 1.165) is 17.4 Å². The lowest BCUT2D eigenvalue weighted by atomic mass is 10.2. The number of hydrogen-bond acceptors (Lipinski definition) is 5. The van der Waals surface area contributed by atoms with Gasteiger partial charge in [-0.05, 0) is 17.5 Å². The number of aromatic nitrogens is 1. The third kappa shape index (κ3) is 2.94. The summed E-state index contributed by atoms with van der Waals surface area (Å²) in [6.45, 7) is 0. The SMILES string of the molecule is COC(=O)c1sccc1NC(=O)c1ccnc(F)c1. The number of amides is 1. The van der Waals surface area contributed by atoms with Crippen molar-refractivity contribution in [2.45, 2.75) is 0 Å². The number of carbonyl (C=O) groups excluding carboxylic acids is 2. The Morgan fingerprint density at radius 1 is 1.42 bits per heavy atom. The predicted octanol–water partition coefficient (Wildman–Crippen LogP) is 2.32. The van der Waals surface area contributed by atoms with Crippen molar-refractivity contribution in [2.75, 3.05) is 12.4 Å². The highest BCUT2D eigenvalue weighted by molar-refractivity contribution is 7.12. The summed E-state index contributed by atoms with van der Waals surface area (Å²) in [6.07, 6.45) is 1.19. The average Bonchev–Trinajstić information content (AvgIpc) is 2.86. The second kappa shape index (κ2) is 5.57. The minimum absolute atomic E-state index is 0.120. The van der Waals surface area contributed by atoms with Crippen LogP contribution in [-0.4, -0.2) is 24.0 Å². The first kappa shape index (κ1) is 13.2. The van der Waals surface area contributed by atoms with Gasteiger partial charge in [-0.2, -0.15) is 4.39 Å². The molecule has 2 aromatic heterocycles. The van der Waals surface area contributed by atoms with Crippen molar-refractivity contribution in [1.29, 1.82) is 0 Å². The van der Waals surface area contributed by atoms with Crippen LogP contribution in [0.3, 0.4) is 0 Å². The Labute approximate surface area is 112 Å². The highest BCUT2D eigenvalue weighted by Crippen LogP contribution is 2.23. The van der Waals surface area contributed by atoms with E-state index < -0.39 is 17.8 Å². The molecule has 1 N–H and O–H groups in total. The van der Waals surface area contributed by atoms with Gasteiger partial charge in [0.2, 0.25) is 5.95 Å². The summed E-state index contributed by atoms with van der Waals surface area (Å²) in [5.74, 6) is -1.80. The summed E-state index contributed by atoms with van der Waals surface area (Å²) in [5, 5.41) is 4.17. The molecule has 2 heterocycles. The molecular formula is C12H9FN2O3S. The zero-order valence-corrected chi connectivity index (χ0v) is 10.7. The van der Waals surface area contributed by atoms with Crippen molar-refractivity contribution < 1.29 is 18.7 Å². The molecule has 0 radical (unpaired) electrons. The van der Waals surface area contributed by atoms with Crippen molar-refractivity contribution in [3.63, 3.8) is 0 Å². The van der Waals surface area contributed by atoms with Crippen molar-refractivity contribution in [3.05, 3.63) is 46.2 Å². The first-order valence-corrected chi connectivity index (χ1v) is 6.08. The van der Waals surface area contributed by atoms with E-state index in [2.05, 4.69) is 15.0 Å². The van der Waals surface area contributed by atoms with E-state index in [4.69, 9.17) is 0 Å². The summed E-state index contributed by atoms with van der Waals surface area (Å²) >= 11 is 1.15. The summed E-state index contributed by atoms with van der Waals surface area (Å²) in [7, 11) is 1.26. The normalized spacial score (nSPS) is 10.0. The third-order valence-corrected chi connectivity index (χ3v) is 3.17. The fourth-order valence-corrected chi connectivity index (χ4v) is 2.16. The van der Waals surface area contributed by atoms with E-state index in [0.29, 0.717) is 5.69 Å². The van der Waals surface area contributed by atoms with Gasteiger partial charge in [0, 0.05) is 17.8 Å². The second-order valence-corrected chi connectivity index (χ2v) is 4.39. The van der Waals surface area contributed by atoms with E-state index in [1.54, 1.807) is 11.4 Å². The first-order chi connectivity index (χ1) is 9.11. The maximum absolute atomic E-state index is 12.9. The van der Waals surface area contributed by atoms with Gasteiger partial charge in [0.1, 0.15) is 4.88 Å². The van der Waals surface area contributed by atoms with E-state index in [-0.39, 0.29) is 10.4 Å². The molecule has 0 spiro atoms. The predicted molar refractivity (Wildman–Crippen MR) is 67.8 cm³/mol. The Morgan fingerprint density at radius 3 is 2.89 bits per heavy atom. The van der Waals surface area contributed by atoms with Crippen LogP contribution >= 0.6 is 11.3 Å². The lowest BCUT2D eigenvalue weighted by Gasteiger charge is -2.05. The summed E-state index contributed by atoms with van der Waals surface area (Å²) in [4.78, 5) is 27.0. The van der Waals surface area contributed by atoms with E-state index >= 15 is 0 Å². The van der Waals surface area contributed by atoms with Crippen molar-refractivity contribution >= 4 is 28.9 Å². The Bertz CT molecular complexity index is 627. The number of halogens is 1. The van der Waals surface area contributed by atoms with Crippen molar-refractivity contribution in [3.8, 4) is 0 Å². The number of nitrogens with one attached hydrogen (secondary N) is 1. The van der Waals surface area contributed by atoms with Crippen LogP contribution in [0.25, 0.3) is 0 Å². The fraction of sp³-hybridized carbons (Fsp3) is 0.0833. The van der Waals surface area contributed by atoms with Gasteiger partial charge in [-0.15, -0.1) is 11.3 Å². The number of hydrogen-bond donors (Lipinski definition) is 1. The molecular weight excluding hydrogens is 271 g/mol. The van der Waals surface area contributed by atoms with Gasteiger partial charge in [-0.1, -0.05) is 0 Å². The van der Waals surface area contributed by atoms with Gasteiger partial charge in [0.25, 0.3) is 5.91 Å². The first-order valence-electron chi connectivity index (χ1n) is 5.20. The number of rotatable bonds is 3. The molecule has 0 bridgehead atoms. The minimum Gasteiger partial charge on any atom is -0.465 e. The monoisotopic (exact) mass is 280 g/mol. The molecule has 5 nitrogen and oxygen atoms in total. The van der Waals surface area contributed by atoms with Crippen LogP contribution in [0, 0.1) is 5.95 Å². The second-order valence-electron chi connectivity index (χ2n) is 3.48. The molecule has 0 aliphatic carbocycles. The van der Waals surface area contributed by atoms with E-state index in [9.17, 15) is 14.0 Å². The zero-order valence-electron chi connectivity index (χ0n) is 9.84. The number of carbonyl (C=O) groups is 2. The quantitative estimate of drug-likeness (QED) is 0.692. The smallest absolute Gasteiger partial charge is 0.350 e. The summed E-state index contributed by atoms with van der Waals surface area (Å²) in [5.41, 5.74) is 0.452. The number of pyridine rings is 1. The Hall–Kier alpha value is -2.28. The molecule has 0 aliphatic heterocycles. The Morgan fingerprint density at radius 2 is 2.21 bits per heavy atom. The fourth-order valence-electron chi connectivity index (χ4n) is 1.40. The molecule has 19 heavy (non-hydrogen) atoms. The Balaban J connectivity index is 2.20. The highest BCUT2D eigenvalue weighted by atomic mass is 32.1. The lowest BCUT2D eigenvalue weighted by molar-refractivity contribution is 0.0607. The molecule has 7 heteroatoms. The molecule has 0 atom stereocenters. The van der Waals surface area contributed by atoms with Crippen LogP contribution in [0.5, 0.6) is 0 Å². The van der Waals surface area contributed by atoms with Crippen LogP contribution in [0.4, 0.5) is 10.1 Å². The molecule has 0 aliphatic rings. The molecule has 98 valence electrons. The largest absolute Gasteiger partial charge is 0.465 e. The molecule has 1 amide bonds. The maximum Gasteiger partial charge on any atom is 0.350 e. The average molecular weight is 280 g/mol. The third-order valence-electron chi connectivity index (χ3n) is 2.27. The summed E-state index contributed by atoms with van der Waals surface area (Å²) in [6, 6.07) is 3.97. The number of anilines is 1. The van der Waals surface area contributed by atoms with Gasteiger partial charge < -0.3 is 10.1 Å². The maximum atomic E-state index is 12.9. The van der Waals surface area contributed by atoms with E-state index in [1.165, 1.54) is 19.4 Å². The van der Waals surface area contributed by atoms with Crippen LogP contribution in [0.15, 0.2) is 29.8 Å². The molecule has 2 rings (SSSR count). The number of thiophene rings is 1.